The summed E-state index contributed by atoms with van der Waals surface area (Å²) in [6.45, 7) is 2.58. The third kappa shape index (κ3) is 2.98. The van der Waals surface area contributed by atoms with Gasteiger partial charge in [0.1, 0.15) is 5.54 Å². The van der Waals surface area contributed by atoms with E-state index in [1.165, 1.54) is 0 Å². The minimum absolute atomic E-state index is 0.0237. The summed E-state index contributed by atoms with van der Waals surface area (Å²) < 4.78 is 0. The molecule has 2 amide bonds. The Bertz CT molecular complexity index is 492. The smallest absolute Gasteiger partial charge is 0.253 e. The molecule has 1 saturated heterocycles. The fourth-order valence-corrected chi connectivity index (χ4v) is 2.90. The number of nitrogens with one attached hydrogen (secondary N) is 1. The van der Waals surface area contributed by atoms with Crippen molar-refractivity contribution in [1.29, 1.82) is 0 Å². The number of carbonyl (C=O) groups is 2. The van der Waals surface area contributed by atoms with E-state index in [1.807, 2.05) is 36.6 Å². The van der Waals surface area contributed by atoms with Gasteiger partial charge in [-0.3, -0.25) is 9.59 Å². The summed E-state index contributed by atoms with van der Waals surface area (Å²) in [5, 5.41) is 2.84. The first-order valence-corrected chi connectivity index (χ1v) is 8.12. The van der Waals surface area contributed by atoms with E-state index >= 15 is 0 Å². The lowest BCUT2D eigenvalue weighted by molar-refractivity contribution is -0.149. The van der Waals surface area contributed by atoms with Crippen molar-refractivity contribution < 1.29 is 9.59 Å². The summed E-state index contributed by atoms with van der Waals surface area (Å²) in [5.74, 6) is 0.873. The van der Waals surface area contributed by atoms with E-state index in [2.05, 4.69) is 5.32 Å². The van der Waals surface area contributed by atoms with E-state index in [-0.39, 0.29) is 18.4 Å². The quantitative estimate of drug-likeness (QED) is 0.839. The molecular formula is C15H20N2O2S. The summed E-state index contributed by atoms with van der Waals surface area (Å²) in [6, 6.07) is 9.42. The highest BCUT2D eigenvalue weighted by molar-refractivity contribution is 7.98. The number of piperazine rings is 1. The Kier molecular flexibility index (Phi) is 4.70. The Balaban J connectivity index is 2.20. The van der Waals surface area contributed by atoms with Crippen molar-refractivity contribution in [2.45, 2.75) is 18.9 Å². The van der Waals surface area contributed by atoms with Crippen LogP contribution in [0.2, 0.25) is 0 Å². The van der Waals surface area contributed by atoms with Crippen LogP contribution in [0.25, 0.3) is 0 Å². The third-order valence-electron chi connectivity index (χ3n) is 3.57. The molecule has 4 nitrogen and oxygen atoms in total. The molecule has 20 heavy (non-hydrogen) atoms. The molecule has 1 aliphatic heterocycles. The molecule has 2 rings (SSSR count). The maximum Gasteiger partial charge on any atom is 0.253 e. The summed E-state index contributed by atoms with van der Waals surface area (Å²) in [5.41, 5.74) is -0.122. The molecular weight excluding hydrogens is 272 g/mol. The largest absolute Gasteiger partial charge is 0.337 e. The first-order chi connectivity index (χ1) is 9.58. The summed E-state index contributed by atoms with van der Waals surface area (Å²) in [6.07, 6.45) is 2.95. The van der Waals surface area contributed by atoms with Gasteiger partial charge in [0.15, 0.2) is 0 Å². The van der Waals surface area contributed by atoms with E-state index < -0.39 is 5.54 Å². The number of thioether (sulfide) groups is 1. The van der Waals surface area contributed by atoms with Crippen LogP contribution in [0.5, 0.6) is 0 Å². The molecule has 0 spiro atoms. The van der Waals surface area contributed by atoms with Gasteiger partial charge in [-0.05, 0) is 30.9 Å². The van der Waals surface area contributed by atoms with Gasteiger partial charge >= 0.3 is 0 Å². The minimum Gasteiger partial charge on any atom is -0.337 e. The fraction of sp³-hybridized carbons (Fsp3) is 0.467. The first kappa shape index (κ1) is 14.9. The molecule has 1 aromatic carbocycles. The number of rotatable bonds is 5. The van der Waals surface area contributed by atoms with Gasteiger partial charge in [0.05, 0.1) is 6.54 Å². The van der Waals surface area contributed by atoms with Gasteiger partial charge in [-0.2, -0.15) is 11.8 Å². The number of benzene rings is 1. The van der Waals surface area contributed by atoms with Gasteiger partial charge in [-0.15, -0.1) is 0 Å². The Morgan fingerprint density at radius 2 is 2.00 bits per heavy atom. The number of amides is 2. The molecule has 0 aromatic heterocycles. The molecule has 0 bridgehead atoms. The van der Waals surface area contributed by atoms with Gasteiger partial charge in [-0.25, -0.2) is 0 Å². The van der Waals surface area contributed by atoms with E-state index in [1.54, 1.807) is 23.6 Å². The zero-order valence-electron chi connectivity index (χ0n) is 11.9. The predicted octanol–water partition coefficient (Wildman–Crippen LogP) is 1.61. The Morgan fingerprint density at radius 3 is 2.65 bits per heavy atom. The number of hydrogen-bond donors (Lipinski definition) is 1. The van der Waals surface area contributed by atoms with Crippen LogP contribution < -0.4 is 5.32 Å². The normalized spacial score (nSPS) is 22.8. The van der Waals surface area contributed by atoms with Crippen LogP contribution in [0, 0.1) is 0 Å². The van der Waals surface area contributed by atoms with Gasteiger partial charge in [0, 0.05) is 6.54 Å². The highest BCUT2D eigenvalue weighted by atomic mass is 32.2. The van der Waals surface area contributed by atoms with Crippen LogP contribution in [-0.2, 0) is 15.1 Å². The highest BCUT2D eigenvalue weighted by Gasteiger charge is 2.43. The van der Waals surface area contributed by atoms with Crippen molar-refractivity contribution >= 4 is 23.6 Å². The molecule has 1 aromatic rings. The zero-order valence-corrected chi connectivity index (χ0v) is 12.7. The van der Waals surface area contributed by atoms with Gasteiger partial charge < -0.3 is 10.2 Å². The molecule has 1 unspecified atom stereocenters. The van der Waals surface area contributed by atoms with Crippen LogP contribution in [0.15, 0.2) is 30.3 Å². The summed E-state index contributed by atoms with van der Waals surface area (Å²) >= 11 is 1.75. The molecule has 108 valence electrons. The van der Waals surface area contributed by atoms with Crippen molar-refractivity contribution in [3.05, 3.63) is 35.9 Å². The van der Waals surface area contributed by atoms with Gasteiger partial charge in [0.2, 0.25) is 5.91 Å². The summed E-state index contributed by atoms with van der Waals surface area (Å²) in [4.78, 5) is 26.3. The SMILES string of the molecule is CSCCCN1CC(=O)NC(C)(c2ccccc2)C1=O. The monoisotopic (exact) mass is 292 g/mol. The number of hydrogen-bond acceptors (Lipinski definition) is 3. The van der Waals surface area contributed by atoms with Crippen molar-refractivity contribution in [1.82, 2.24) is 10.2 Å². The average Bonchev–Trinajstić information content (AvgIpc) is 2.45. The van der Waals surface area contributed by atoms with Crippen molar-refractivity contribution in [3.8, 4) is 0 Å². The van der Waals surface area contributed by atoms with Crippen molar-refractivity contribution in [2.24, 2.45) is 0 Å². The average molecular weight is 292 g/mol. The van der Waals surface area contributed by atoms with E-state index in [0.29, 0.717) is 6.54 Å². The van der Waals surface area contributed by atoms with E-state index in [9.17, 15) is 9.59 Å². The molecule has 0 aliphatic carbocycles. The lowest BCUT2D eigenvalue weighted by atomic mass is 9.88. The molecule has 1 fully saturated rings. The topological polar surface area (TPSA) is 49.4 Å². The second-order valence-corrected chi connectivity index (χ2v) is 6.10. The number of carbonyl (C=O) groups excluding carboxylic acids is 2. The molecule has 1 aliphatic rings. The molecule has 1 N–H and O–H groups in total. The number of nitrogens with zero attached hydrogens (tertiary/aromatic N) is 1. The molecule has 0 radical (unpaired) electrons. The van der Waals surface area contributed by atoms with Gasteiger partial charge in [-0.1, -0.05) is 30.3 Å². The van der Waals surface area contributed by atoms with Crippen LogP contribution >= 0.6 is 11.8 Å². The first-order valence-electron chi connectivity index (χ1n) is 6.73. The van der Waals surface area contributed by atoms with Gasteiger partial charge in [0.25, 0.3) is 5.91 Å². The predicted molar refractivity (Wildman–Crippen MR) is 81.5 cm³/mol. The second-order valence-electron chi connectivity index (χ2n) is 5.11. The Hall–Kier alpha value is -1.49. The lowest BCUT2D eigenvalue weighted by Gasteiger charge is -2.40. The van der Waals surface area contributed by atoms with Crippen molar-refractivity contribution in [3.63, 3.8) is 0 Å². The maximum atomic E-state index is 12.7. The maximum absolute atomic E-state index is 12.7. The summed E-state index contributed by atoms with van der Waals surface area (Å²) in [7, 11) is 0. The second kappa shape index (κ2) is 6.31. The third-order valence-corrected chi connectivity index (χ3v) is 4.26. The molecule has 1 heterocycles. The Labute approximate surface area is 123 Å². The minimum atomic E-state index is -0.948. The van der Waals surface area contributed by atoms with Crippen LogP contribution in [0.3, 0.4) is 0 Å². The zero-order chi connectivity index (χ0) is 14.6. The van der Waals surface area contributed by atoms with Crippen LogP contribution in [-0.4, -0.2) is 41.8 Å². The van der Waals surface area contributed by atoms with Crippen molar-refractivity contribution in [2.75, 3.05) is 25.1 Å². The van der Waals surface area contributed by atoms with Crippen LogP contribution in [0.4, 0.5) is 0 Å². The van der Waals surface area contributed by atoms with Crippen LogP contribution in [0.1, 0.15) is 18.9 Å². The van der Waals surface area contributed by atoms with E-state index in [4.69, 9.17) is 0 Å². The highest BCUT2D eigenvalue weighted by Crippen LogP contribution is 2.26. The molecule has 5 heteroatoms. The fourth-order valence-electron chi connectivity index (χ4n) is 2.48. The van der Waals surface area contributed by atoms with E-state index in [0.717, 1.165) is 17.7 Å². The standard InChI is InChI=1S/C15H20N2O2S/c1-15(12-7-4-3-5-8-12)14(19)17(9-6-10-20-2)11-13(18)16-15/h3-5,7-8H,6,9-11H2,1-2H3,(H,16,18). The lowest BCUT2D eigenvalue weighted by Crippen LogP contribution is -2.63. The Morgan fingerprint density at radius 1 is 1.30 bits per heavy atom. The molecule has 1 atom stereocenters. The molecule has 0 saturated carbocycles.